The predicted molar refractivity (Wildman–Crippen MR) is 91.4 cm³/mol. The van der Waals surface area contributed by atoms with E-state index in [-0.39, 0.29) is 10.7 Å². The molecule has 0 aliphatic rings. The minimum Gasteiger partial charge on any atom is -0.389 e. The summed E-state index contributed by atoms with van der Waals surface area (Å²) in [4.78, 5) is 2.77. The smallest absolute Gasteiger partial charge is 0.179 e. The summed E-state index contributed by atoms with van der Waals surface area (Å²) in [5, 5.41) is 0. The van der Waals surface area contributed by atoms with Gasteiger partial charge in [-0.1, -0.05) is 38.2 Å². The fraction of sp³-hybridized carbons (Fsp3) is 0.533. The van der Waals surface area contributed by atoms with Crippen molar-refractivity contribution < 1.29 is 8.42 Å². The minimum absolute atomic E-state index is 0.123. The molecule has 21 heavy (non-hydrogen) atoms. The van der Waals surface area contributed by atoms with E-state index < -0.39 is 9.84 Å². The number of hydrogen-bond acceptors (Lipinski definition) is 4. The summed E-state index contributed by atoms with van der Waals surface area (Å²) in [5.41, 5.74) is 6.19. The van der Waals surface area contributed by atoms with Crippen molar-refractivity contribution in [2.45, 2.75) is 38.1 Å². The molecule has 0 spiro atoms. The van der Waals surface area contributed by atoms with Gasteiger partial charge in [0.1, 0.15) is 4.99 Å². The van der Waals surface area contributed by atoms with Gasteiger partial charge in [-0.2, -0.15) is 0 Å². The maximum Gasteiger partial charge on any atom is 0.179 e. The summed E-state index contributed by atoms with van der Waals surface area (Å²) >= 11 is 4.86. The molecule has 118 valence electrons. The van der Waals surface area contributed by atoms with Crippen molar-refractivity contribution in [2.75, 3.05) is 18.8 Å². The average molecular weight is 329 g/mol. The minimum atomic E-state index is -3.28. The third kappa shape index (κ3) is 5.05. The summed E-state index contributed by atoms with van der Waals surface area (Å²) < 4.78 is 24.7. The standard InChI is InChI=1S/C15H24N2O2S2/c1-4-12(3)17(5-2)10-11-21(18,19)14-8-6-13(7-9-14)15(16)20/h6-9,12H,4-5,10-11H2,1-3H3,(H2,16,20). The Kier molecular flexibility index (Phi) is 6.77. The zero-order valence-corrected chi connectivity index (χ0v) is 14.5. The lowest BCUT2D eigenvalue weighted by atomic mass is 10.2. The Labute approximate surface area is 133 Å². The Balaban J connectivity index is 2.79. The van der Waals surface area contributed by atoms with E-state index >= 15 is 0 Å². The maximum atomic E-state index is 12.4. The predicted octanol–water partition coefficient (Wildman–Crippen LogP) is 2.21. The van der Waals surface area contributed by atoms with Crippen molar-refractivity contribution in [3.05, 3.63) is 29.8 Å². The first-order valence-corrected chi connectivity index (χ1v) is 9.24. The van der Waals surface area contributed by atoms with Crippen molar-refractivity contribution in [2.24, 2.45) is 5.73 Å². The Hall–Kier alpha value is -0.980. The van der Waals surface area contributed by atoms with E-state index in [1.54, 1.807) is 24.3 Å². The van der Waals surface area contributed by atoms with Crippen LogP contribution in [0.4, 0.5) is 0 Å². The van der Waals surface area contributed by atoms with Crippen LogP contribution in [0.5, 0.6) is 0 Å². The monoisotopic (exact) mass is 328 g/mol. The summed E-state index contributed by atoms with van der Waals surface area (Å²) in [5.74, 6) is 0.123. The fourth-order valence-electron chi connectivity index (χ4n) is 2.13. The van der Waals surface area contributed by atoms with Crippen LogP contribution in [0.1, 0.15) is 32.8 Å². The van der Waals surface area contributed by atoms with E-state index in [4.69, 9.17) is 18.0 Å². The zero-order valence-electron chi connectivity index (χ0n) is 12.9. The molecule has 0 fully saturated rings. The lowest BCUT2D eigenvalue weighted by molar-refractivity contribution is 0.227. The molecule has 0 aliphatic carbocycles. The van der Waals surface area contributed by atoms with Crippen LogP contribution in [-0.2, 0) is 9.84 Å². The summed E-state index contributed by atoms with van der Waals surface area (Å²) in [7, 11) is -3.28. The molecule has 0 saturated carbocycles. The number of sulfone groups is 1. The van der Waals surface area contributed by atoms with Crippen LogP contribution >= 0.6 is 12.2 Å². The molecule has 0 saturated heterocycles. The highest BCUT2D eigenvalue weighted by atomic mass is 32.2. The molecule has 0 aliphatic heterocycles. The van der Waals surface area contributed by atoms with E-state index in [1.165, 1.54) is 0 Å². The van der Waals surface area contributed by atoms with E-state index in [0.29, 0.717) is 23.0 Å². The number of hydrogen-bond donors (Lipinski definition) is 1. The quantitative estimate of drug-likeness (QED) is 0.741. The Morgan fingerprint density at radius 3 is 2.29 bits per heavy atom. The van der Waals surface area contributed by atoms with Gasteiger partial charge in [-0.05, 0) is 32.0 Å². The van der Waals surface area contributed by atoms with E-state index in [9.17, 15) is 8.42 Å². The van der Waals surface area contributed by atoms with Crippen molar-refractivity contribution in [3.8, 4) is 0 Å². The zero-order chi connectivity index (χ0) is 16.0. The van der Waals surface area contributed by atoms with Gasteiger partial charge in [0, 0.05) is 18.2 Å². The molecule has 1 rings (SSSR count). The Morgan fingerprint density at radius 1 is 1.29 bits per heavy atom. The van der Waals surface area contributed by atoms with Gasteiger partial charge < -0.3 is 5.73 Å². The first kappa shape index (κ1) is 18.1. The van der Waals surface area contributed by atoms with Crippen molar-refractivity contribution in [1.82, 2.24) is 4.90 Å². The highest BCUT2D eigenvalue weighted by molar-refractivity contribution is 7.91. The summed E-state index contributed by atoms with van der Waals surface area (Å²) in [6, 6.07) is 6.84. The highest BCUT2D eigenvalue weighted by Crippen LogP contribution is 2.14. The lowest BCUT2D eigenvalue weighted by Crippen LogP contribution is -2.36. The van der Waals surface area contributed by atoms with Crippen LogP contribution in [0.25, 0.3) is 0 Å². The number of benzene rings is 1. The first-order valence-electron chi connectivity index (χ1n) is 7.18. The number of nitrogens with zero attached hydrogens (tertiary/aromatic N) is 1. The second-order valence-corrected chi connectivity index (χ2v) is 7.64. The van der Waals surface area contributed by atoms with Gasteiger partial charge in [0.15, 0.2) is 9.84 Å². The molecule has 0 radical (unpaired) electrons. The van der Waals surface area contributed by atoms with Crippen LogP contribution in [-0.4, -0.2) is 43.2 Å². The summed E-state index contributed by atoms with van der Waals surface area (Å²) in [6.45, 7) is 7.68. The molecule has 0 aromatic heterocycles. The van der Waals surface area contributed by atoms with Gasteiger partial charge in [0.2, 0.25) is 0 Å². The van der Waals surface area contributed by atoms with Gasteiger partial charge in [-0.15, -0.1) is 0 Å². The molecule has 0 amide bonds. The molecule has 1 unspecified atom stereocenters. The lowest BCUT2D eigenvalue weighted by Gasteiger charge is -2.26. The van der Waals surface area contributed by atoms with Crippen LogP contribution in [0.15, 0.2) is 29.2 Å². The van der Waals surface area contributed by atoms with Gasteiger partial charge in [-0.25, -0.2) is 8.42 Å². The number of rotatable bonds is 8. The van der Waals surface area contributed by atoms with Crippen molar-refractivity contribution in [1.29, 1.82) is 0 Å². The number of thiocarbonyl (C=S) groups is 1. The molecular formula is C15H24N2O2S2. The Bertz CT molecular complexity index is 568. The van der Waals surface area contributed by atoms with Crippen LogP contribution in [0.3, 0.4) is 0 Å². The third-order valence-electron chi connectivity index (χ3n) is 3.77. The van der Waals surface area contributed by atoms with Crippen molar-refractivity contribution in [3.63, 3.8) is 0 Å². The third-order valence-corrected chi connectivity index (χ3v) is 5.71. The molecule has 4 nitrogen and oxygen atoms in total. The Morgan fingerprint density at radius 2 is 1.86 bits per heavy atom. The van der Waals surface area contributed by atoms with Gasteiger partial charge in [0.25, 0.3) is 0 Å². The second-order valence-electron chi connectivity index (χ2n) is 5.09. The van der Waals surface area contributed by atoms with Crippen LogP contribution < -0.4 is 5.73 Å². The van der Waals surface area contributed by atoms with E-state index in [0.717, 1.165) is 13.0 Å². The largest absolute Gasteiger partial charge is 0.389 e. The number of nitrogens with two attached hydrogens (primary N) is 1. The molecule has 1 atom stereocenters. The molecule has 1 aromatic carbocycles. The first-order chi connectivity index (χ1) is 9.81. The molecule has 6 heteroatoms. The maximum absolute atomic E-state index is 12.4. The summed E-state index contributed by atoms with van der Waals surface area (Å²) in [6.07, 6.45) is 1.01. The second kappa shape index (κ2) is 7.87. The highest BCUT2D eigenvalue weighted by Gasteiger charge is 2.18. The fourth-order valence-corrected chi connectivity index (χ4v) is 3.53. The van der Waals surface area contributed by atoms with Gasteiger partial charge in [0.05, 0.1) is 10.6 Å². The van der Waals surface area contributed by atoms with E-state index in [1.807, 2.05) is 0 Å². The van der Waals surface area contributed by atoms with Crippen molar-refractivity contribution >= 4 is 27.0 Å². The van der Waals surface area contributed by atoms with Crippen LogP contribution in [0.2, 0.25) is 0 Å². The van der Waals surface area contributed by atoms with Gasteiger partial charge in [-0.3, -0.25) is 4.90 Å². The molecule has 0 heterocycles. The average Bonchev–Trinajstić information content (AvgIpc) is 2.47. The SMILES string of the molecule is CCC(C)N(CC)CCS(=O)(=O)c1ccc(C(N)=S)cc1. The van der Waals surface area contributed by atoms with Gasteiger partial charge >= 0.3 is 0 Å². The van der Waals surface area contributed by atoms with Crippen LogP contribution in [0, 0.1) is 0 Å². The molecular weight excluding hydrogens is 304 g/mol. The van der Waals surface area contributed by atoms with E-state index in [2.05, 4.69) is 25.7 Å². The normalized spacial score (nSPS) is 13.3. The molecule has 1 aromatic rings. The molecule has 2 N–H and O–H groups in total. The topological polar surface area (TPSA) is 63.4 Å². The molecule has 0 bridgehead atoms.